The van der Waals surface area contributed by atoms with E-state index in [4.69, 9.17) is 0 Å². The molecule has 3 N–H and O–H groups in total. The molecule has 0 bridgehead atoms. The lowest BCUT2D eigenvalue weighted by Crippen LogP contribution is -2.30. The van der Waals surface area contributed by atoms with Crippen LogP contribution in [0.15, 0.2) is 54.9 Å². The van der Waals surface area contributed by atoms with Gasteiger partial charge < -0.3 is 4.98 Å². The number of nitrogens with zero attached hydrogens (tertiary/aromatic N) is 3. The molecule has 0 saturated heterocycles. The molecule has 0 atom stereocenters. The van der Waals surface area contributed by atoms with Crippen molar-refractivity contribution >= 4 is 22.9 Å². The number of hydrogen-bond donors (Lipinski definition) is 3. The van der Waals surface area contributed by atoms with Gasteiger partial charge in [-0.1, -0.05) is 30.3 Å². The number of benzene rings is 2. The number of carbonyl (C=O) groups excluding carboxylic acids is 1. The Morgan fingerprint density at radius 3 is 2.54 bits per heavy atom. The quantitative estimate of drug-likeness (QED) is 0.463. The molecule has 2 aromatic heterocycles. The fourth-order valence-corrected chi connectivity index (χ4v) is 2.71. The molecular weight excluding hydrogens is 366 g/mol. The van der Waals surface area contributed by atoms with E-state index in [1.807, 2.05) is 0 Å². The minimum Gasteiger partial charge on any atom is -0.337 e. The first-order valence-corrected chi connectivity index (χ1v) is 8.35. The standard InChI is InChI=1S/C19H14F2N6O/c20-13-7-3-1-5-11(13)9-15-24-16-17(25-15)22-10-23-18(16)26-27-19(28)12-6-2-4-8-14(12)21/h1-8,10H,9H2,(H,27,28)(H2,22,23,24,25,26). The number of carbonyl (C=O) groups is 1. The number of rotatable bonds is 5. The second kappa shape index (κ2) is 7.39. The number of aromatic nitrogens is 4. The molecule has 1 amide bonds. The smallest absolute Gasteiger partial charge is 0.272 e. The Hall–Kier alpha value is -3.88. The molecule has 0 aliphatic heterocycles. The van der Waals surface area contributed by atoms with Crippen molar-refractivity contribution in [3.8, 4) is 0 Å². The van der Waals surface area contributed by atoms with Gasteiger partial charge in [-0.3, -0.25) is 15.6 Å². The lowest BCUT2D eigenvalue weighted by Gasteiger charge is -2.08. The van der Waals surface area contributed by atoms with Crippen molar-refractivity contribution in [1.82, 2.24) is 25.4 Å². The first-order valence-electron chi connectivity index (χ1n) is 8.35. The fraction of sp³-hybridized carbons (Fsp3) is 0.0526. The predicted molar refractivity (Wildman–Crippen MR) is 98.4 cm³/mol. The van der Waals surface area contributed by atoms with Crippen LogP contribution < -0.4 is 10.9 Å². The number of aromatic amines is 1. The first kappa shape index (κ1) is 17.5. The molecule has 0 spiro atoms. The van der Waals surface area contributed by atoms with Gasteiger partial charge in [0.25, 0.3) is 5.91 Å². The van der Waals surface area contributed by atoms with Crippen molar-refractivity contribution in [3.05, 3.63) is 83.4 Å². The third-order valence-corrected chi connectivity index (χ3v) is 4.07. The molecule has 7 nitrogen and oxygen atoms in total. The molecule has 2 aromatic carbocycles. The van der Waals surface area contributed by atoms with Gasteiger partial charge in [-0.2, -0.15) is 0 Å². The summed E-state index contributed by atoms with van der Waals surface area (Å²) in [6.07, 6.45) is 1.51. The van der Waals surface area contributed by atoms with E-state index >= 15 is 0 Å². The topological polar surface area (TPSA) is 95.6 Å². The molecular formula is C19H14F2N6O. The van der Waals surface area contributed by atoms with Gasteiger partial charge >= 0.3 is 0 Å². The summed E-state index contributed by atoms with van der Waals surface area (Å²) in [6, 6.07) is 12.0. The van der Waals surface area contributed by atoms with Crippen LogP contribution in [0.5, 0.6) is 0 Å². The summed E-state index contributed by atoms with van der Waals surface area (Å²) in [5, 5.41) is 0. The maximum atomic E-state index is 13.9. The van der Waals surface area contributed by atoms with Gasteiger partial charge in [-0.05, 0) is 23.8 Å². The second-order valence-electron chi connectivity index (χ2n) is 5.93. The van der Waals surface area contributed by atoms with Crippen LogP contribution in [0.3, 0.4) is 0 Å². The second-order valence-corrected chi connectivity index (χ2v) is 5.93. The minimum absolute atomic E-state index is 0.106. The Morgan fingerprint density at radius 2 is 1.75 bits per heavy atom. The maximum Gasteiger partial charge on any atom is 0.272 e. The Kier molecular flexibility index (Phi) is 4.63. The lowest BCUT2D eigenvalue weighted by molar-refractivity contribution is 0.0958. The van der Waals surface area contributed by atoms with Crippen molar-refractivity contribution < 1.29 is 13.6 Å². The number of fused-ring (bicyclic) bond motifs is 1. The Bertz CT molecular complexity index is 1160. The zero-order valence-corrected chi connectivity index (χ0v) is 14.4. The zero-order chi connectivity index (χ0) is 19.5. The number of halogens is 2. The number of hydrazine groups is 1. The van der Waals surface area contributed by atoms with Gasteiger partial charge in [0.2, 0.25) is 0 Å². The Balaban J connectivity index is 1.55. The summed E-state index contributed by atoms with van der Waals surface area (Å²) in [5.74, 6) is -0.880. The average molecular weight is 380 g/mol. The third-order valence-electron chi connectivity index (χ3n) is 4.07. The molecule has 0 aliphatic carbocycles. The van der Waals surface area contributed by atoms with E-state index in [-0.39, 0.29) is 23.6 Å². The first-order chi connectivity index (χ1) is 13.6. The Labute approximate surface area is 157 Å². The van der Waals surface area contributed by atoms with Crippen molar-refractivity contribution in [2.45, 2.75) is 6.42 Å². The molecule has 0 aliphatic rings. The summed E-state index contributed by atoms with van der Waals surface area (Å²) < 4.78 is 27.6. The van der Waals surface area contributed by atoms with Crippen molar-refractivity contribution in [2.75, 3.05) is 5.43 Å². The number of H-pyrrole nitrogens is 1. The molecule has 28 heavy (non-hydrogen) atoms. The fourth-order valence-electron chi connectivity index (χ4n) is 2.71. The molecule has 0 fully saturated rings. The van der Waals surface area contributed by atoms with Gasteiger partial charge in [-0.25, -0.2) is 23.7 Å². The van der Waals surface area contributed by atoms with Crippen LogP contribution >= 0.6 is 0 Å². The summed E-state index contributed by atoms with van der Waals surface area (Å²) in [4.78, 5) is 27.6. The van der Waals surface area contributed by atoms with Crippen molar-refractivity contribution in [3.63, 3.8) is 0 Å². The van der Waals surface area contributed by atoms with E-state index in [2.05, 4.69) is 30.8 Å². The highest BCUT2D eigenvalue weighted by Crippen LogP contribution is 2.18. The molecule has 9 heteroatoms. The minimum atomic E-state index is -0.657. The van der Waals surface area contributed by atoms with E-state index in [1.165, 1.54) is 30.6 Å². The third kappa shape index (κ3) is 3.50. The molecule has 140 valence electrons. The van der Waals surface area contributed by atoms with E-state index < -0.39 is 11.7 Å². The van der Waals surface area contributed by atoms with Crippen LogP contribution in [-0.4, -0.2) is 25.8 Å². The molecule has 0 saturated carbocycles. The predicted octanol–water partition coefficient (Wildman–Crippen LogP) is 2.98. The molecule has 0 radical (unpaired) electrons. The van der Waals surface area contributed by atoms with E-state index in [9.17, 15) is 13.6 Å². The highest BCUT2D eigenvalue weighted by atomic mass is 19.1. The zero-order valence-electron chi connectivity index (χ0n) is 14.4. The van der Waals surface area contributed by atoms with Gasteiger partial charge in [0.05, 0.1) is 5.56 Å². The number of nitrogens with one attached hydrogen (secondary N) is 3. The van der Waals surface area contributed by atoms with Crippen LogP contribution in [0.2, 0.25) is 0 Å². The van der Waals surface area contributed by atoms with Crippen LogP contribution in [0.4, 0.5) is 14.6 Å². The molecule has 0 unspecified atom stereocenters. The maximum absolute atomic E-state index is 13.9. The Morgan fingerprint density at radius 1 is 1.00 bits per heavy atom. The highest BCUT2D eigenvalue weighted by Gasteiger charge is 2.14. The SMILES string of the molecule is O=C(NNc1ncnc2nc(Cc3ccccc3F)[nH]c12)c1ccccc1F. The van der Waals surface area contributed by atoms with Crippen molar-refractivity contribution in [1.29, 1.82) is 0 Å². The van der Waals surface area contributed by atoms with Gasteiger partial charge in [-0.15, -0.1) is 0 Å². The van der Waals surface area contributed by atoms with Crippen LogP contribution in [0, 0.1) is 11.6 Å². The number of hydrogen-bond acceptors (Lipinski definition) is 5. The van der Waals surface area contributed by atoms with Crippen LogP contribution in [0.1, 0.15) is 21.7 Å². The highest BCUT2D eigenvalue weighted by molar-refractivity contribution is 5.95. The lowest BCUT2D eigenvalue weighted by atomic mass is 10.1. The summed E-state index contributed by atoms with van der Waals surface area (Å²) in [7, 11) is 0. The number of amides is 1. The number of imidazole rings is 1. The van der Waals surface area contributed by atoms with Crippen LogP contribution in [0.25, 0.3) is 11.2 Å². The molecule has 2 heterocycles. The van der Waals surface area contributed by atoms with Crippen molar-refractivity contribution in [2.24, 2.45) is 0 Å². The van der Waals surface area contributed by atoms with E-state index in [0.29, 0.717) is 22.6 Å². The number of anilines is 1. The largest absolute Gasteiger partial charge is 0.337 e. The monoisotopic (exact) mass is 380 g/mol. The summed E-state index contributed by atoms with van der Waals surface area (Å²) in [5.41, 5.74) is 6.19. The van der Waals surface area contributed by atoms with E-state index in [1.54, 1.807) is 24.3 Å². The van der Waals surface area contributed by atoms with Crippen LogP contribution in [-0.2, 0) is 6.42 Å². The summed E-state index contributed by atoms with van der Waals surface area (Å²) >= 11 is 0. The van der Waals surface area contributed by atoms with Gasteiger partial charge in [0.1, 0.15) is 29.3 Å². The molecule has 4 rings (SSSR count). The van der Waals surface area contributed by atoms with E-state index in [0.717, 1.165) is 0 Å². The molecule has 4 aromatic rings. The van der Waals surface area contributed by atoms with Gasteiger partial charge in [0.15, 0.2) is 11.5 Å². The normalized spacial score (nSPS) is 10.8. The average Bonchev–Trinajstić information content (AvgIpc) is 3.11. The van der Waals surface area contributed by atoms with Gasteiger partial charge in [0, 0.05) is 6.42 Å². The summed E-state index contributed by atoms with van der Waals surface area (Å²) in [6.45, 7) is 0.